The van der Waals surface area contributed by atoms with E-state index in [1.54, 1.807) is 42.5 Å². The first-order chi connectivity index (χ1) is 15.3. The van der Waals surface area contributed by atoms with Crippen molar-refractivity contribution in [2.75, 3.05) is 13.7 Å². The summed E-state index contributed by atoms with van der Waals surface area (Å²) < 4.78 is 32.9. The van der Waals surface area contributed by atoms with Crippen LogP contribution in [0, 0.1) is 6.92 Å². The molecule has 6 nitrogen and oxygen atoms in total. The minimum atomic E-state index is -3.69. The minimum absolute atomic E-state index is 0.0748. The van der Waals surface area contributed by atoms with Crippen molar-refractivity contribution in [3.63, 3.8) is 0 Å². The monoisotopic (exact) mass is 452 g/mol. The lowest BCUT2D eigenvalue weighted by atomic mass is 10.1. The molecular weight excluding hydrogens is 424 g/mol. The number of hydrogen-bond acceptors (Lipinski definition) is 4. The fraction of sp³-hybridized carbons (Fsp3) is 0.240. The molecule has 0 fully saturated rings. The number of amides is 1. The molecule has 0 aliphatic heterocycles. The number of nitrogens with one attached hydrogen (secondary N) is 1. The molecule has 0 aromatic heterocycles. The van der Waals surface area contributed by atoms with Crippen molar-refractivity contribution in [1.82, 2.24) is 9.62 Å². The summed E-state index contributed by atoms with van der Waals surface area (Å²) in [6.45, 7) is 4.68. The fourth-order valence-corrected chi connectivity index (χ4v) is 4.38. The first kappa shape index (κ1) is 23.5. The average Bonchev–Trinajstić information content (AvgIpc) is 2.79. The van der Waals surface area contributed by atoms with E-state index in [9.17, 15) is 13.2 Å². The van der Waals surface area contributed by atoms with Gasteiger partial charge in [-0.3, -0.25) is 4.79 Å². The van der Waals surface area contributed by atoms with Gasteiger partial charge < -0.3 is 10.1 Å². The zero-order chi connectivity index (χ0) is 23.1. The number of sulfonamides is 1. The van der Waals surface area contributed by atoms with Crippen molar-refractivity contribution in [2.24, 2.45) is 0 Å². The molecule has 0 unspecified atom stereocenters. The Bertz CT molecular complexity index is 1160. The van der Waals surface area contributed by atoms with Gasteiger partial charge in [-0.1, -0.05) is 48.0 Å². The Labute approximate surface area is 189 Å². The van der Waals surface area contributed by atoms with Crippen LogP contribution in [0.1, 0.15) is 34.0 Å². The van der Waals surface area contributed by atoms with Crippen molar-refractivity contribution in [3.8, 4) is 5.75 Å². The van der Waals surface area contributed by atoms with E-state index in [0.29, 0.717) is 30.0 Å². The van der Waals surface area contributed by atoms with E-state index in [1.807, 2.05) is 44.2 Å². The largest absolute Gasteiger partial charge is 0.494 e. The molecule has 3 aromatic rings. The third-order valence-electron chi connectivity index (χ3n) is 5.04. The Balaban J connectivity index is 1.80. The second kappa shape index (κ2) is 10.4. The van der Waals surface area contributed by atoms with Crippen LogP contribution in [0.15, 0.2) is 77.7 Å². The summed E-state index contributed by atoms with van der Waals surface area (Å²) in [6.07, 6.45) is 0. The topological polar surface area (TPSA) is 75.7 Å². The van der Waals surface area contributed by atoms with Crippen molar-refractivity contribution >= 4 is 15.9 Å². The van der Waals surface area contributed by atoms with Gasteiger partial charge in [0.2, 0.25) is 10.0 Å². The summed E-state index contributed by atoms with van der Waals surface area (Å²) >= 11 is 0. The number of carbonyl (C=O) groups excluding carboxylic acids is 1. The number of rotatable bonds is 9. The standard InChI is InChI=1S/C25H28N2O4S/c1-4-31-24-15-12-21(25(28)26-17-20-8-6-5-7-9-20)16-22(24)18-27(3)32(29,30)23-13-10-19(2)11-14-23/h5-16H,4,17-18H2,1-3H3,(H,26,28). The van der Waals surface area contributed by atoms with E-state index in [1.165, 1.54) is 11.4 Å². The predicted octanol–water partition coefficient (Wildman–Crippen LogP) is 4.14. The van der Waals surface area contributed by atoms with E-state index >= 15 is 0 Å². The van der Waals surface area contributed by atoms with Gasteiger partial charge in [-0.25, -0.2) is 8.42 Å². The molecule has 0 aliphatic rings. The van der Waals surface area contributed by atoms with Crippen LogP contribution < -0.4 is 10.1 Å². The molecule has 0 saturated carbocycles. The summed E-state index contributed by atoms with van der Waals surface area (Å²) in [5.74, 6) is 0.320. The van der Waals surface area contributed by atoms with Crippen molar-refractivity contribution in [2.45, 2.75) is 31.8 Å². The Morgan fingerprint density at radius 1 is 1.00 bits per heavy atom. The molecule has 3 rings (SSSR count). The maximum absolute atomic E-state index is 13.0. The number of aryl methyl sites for hydroxylation is 1. The quantitative estimate of drug-likeness (QED) is 0.529. The SMILES string of the molecule is CCOc1ccc(C(=O)NCc2ccccc2)cc1CN(C)S(=O)(=O)c1ccc(C)cc1. The third-order valence-corrected chi connectivity index (χ3v) is 6.86. The van der Waals surface area contributed by atoms with E-state index < -0.39 is 10.0 Å². The Kier molecular flexibility index (Phi) is 7.66. The molecule has 7 heteroatoms. The predicted molar refractivity (Wildman–Crippen MR) is 125 cm³/mol. The summed E-state index contributed by atoms with van der Waals surface area (Å²) in [7, 11) is -2.17. The van der Waals surface area contributed by atoms with Gasteiger partial charge >= 0.3 is 0 Å². The van der Waals surface area contributed by atoms with E-state index in [4.69, 9.17) is 4.74 Å². The van der Waals surface area contributed by atoms with E-state index in [2.05, 4.69) is 5.32 Å². The molecule has 0 atom stereocenters. The molecule has 32 heavy (non-hydrogen) atoms. The van der Waals surface area contributed by atoms with Crippen molar-refractivity contribution in [3.05, 3.63) is 95.1 Å². The lowest BCUT2D eigenvalue weighted by molar-refractivity contribution is 0.0950. The van der Waals surface area contributed by atoms with Gasteiger partial charge in [-0.15, -0.1) is 0 Å². The number of nitrogens with zero attached hydrogens (tertiary/aromatic N) is 1. The van der Waals surface area contributed by atoms with Crippen molar-refractivity contribution < 1.29 is 17.9 Å². The molecule has 0 saturated heterocycles. The molecular formula is C25H28N2O4S. The highest BCUT2D eigenvalue weighted by Gasteiger charge is 2.22. The van der Waals surface area contributed by atoms with Crippen LogP contribution in [0.3, 0.4) is 0 Å². The maximum Gasteiger partial charge on any atom is 0.251 e. The molecule has 0 aliphatic carbocycles. The van der Waals surface area contributed by atoms with Gasteiger partial charge in [0.1, 0.15) is 5.75 Å². The highest BCUT2D eigenvalue weighted by Crippen LogP contribution is 2.25. The first-order valence-electron chi connectivity index (χ1n) is 10.4. The van der Waals surface area contributed by atoms with Crippen LogP contribution in [0.2, 0.25) is 0 Å². The van der Waals surface area contributed by atoms with Crippen LogP contribution in [-0.4, -0.2) is 32.3 Å². The van der Waals surface area contributed by atoms with Crippen molar-refractivity contribution in [1.29, 1.82) is 0 Å². The summed E-state index contributed by atoms with van der Waals surface area (Å²) in [5, 5.41) is 2.90. The van der Waals surface area contributed by atoms with Crippen LogP contribution >= 0.6 is 0 Å². The summed E-state index contributed by atoms with van der Waals surface area (Å²) in [6, 6.07) is 21.4. The number of ether oxygens (including phenoxy) is 1. The molecule has 0 bridgehead atoms. The lowest BCUT2D eigenvalue weighted by Crippen LogP contribution is -2.27. The molecule has 1 amide bonds. The van der Waals surface area contributed by atoms with Gasteiger partial charge in [-0.05, 0) is 49.7 Å². The van der Waals surface area contributed by atoms with Gasteiger partial charge in [0.25, 0.3) is 5.91 Å². The summed E-state index contributed by atoms with van der Waals surface area (Å²) in [5.41, 5.74) is 3.05. The minimum Gasteiger partial charge on any atom is -0.494 e. The number of hydrogen-bond donors (Lipinski definition) is 1. The lowest BCUT2D eigenvalue weighted by Gasteiger charge is -2.20. The normalized spacial score (nSPS) is 11.4. The van der Waals surface area contributed by atoms with Gasteiger partial charge in [0.05, 0.1) is 11.5 Å². The Morgan fingerprint density at radius 3 is 2.34 bits per heavy atom. The Morgan fingerprint density at radius 2 is 1.69 bits per heavy atom. The van der Waals surface area contributed by atoms with E-state index in [0.717, 1.165) is 11.1 Å². The second-order valence-electron chi connectivity index (χ2n) is 7.50. The smallest absolute Gasteiger partial charge is 0.251 e. The van der Waals surface area contributed by atoms with Crippen LogP contribution in [-0.2, 0) is 23.1 Å². The van der Waals surface area contributed by atoms with E-state index in [-0.39, 0.29) is 17.3 Å². The average molecular weight is 453 g/mol. The maximum atomic E-state index is 13.0. The highest BCUT2D eigenvalue weighted by molar-refractivity contribution is 7.89. The third kappa shape index (κ3) is 5.75. The molecule has 1 N–H and O–H groups in total. The highest BCUT2D eigenvalue weighted by atomic mass is 32.2. The van der Waals surface area contributed by atoms with Gasteiger partial charge in [0.15, 0.2) is 0 Å². The molecule has 168 valence electrons. The molecule has 3 aromatic carbocycles. The van der Waals surface area contributed by atoms with Crippen LogP contribution in [0.25, 0.3) is 0 Å². The van der Waals surface area contributed by atoms with Crippen LogP contribution in [0.5, 0.6) is 5.75 Å². The Hall–Kier alpha value is -3.16. The summed E-state index contributed by atoms with van der Waals surface area (Å²) in [4.78, 5) is 12.9. The second-order valence-corrected chi connectivity index (χ2v) is 9.54. The molecule has 0 spiro atoms. The zero-order valence-corrected chi connectivity index (χ0v) is 19.4. The van der Waals surface area contributed by atoms with Gasteiger partial charge in [0, 0.05) is 31.3 Å². The molecule has 0 radical (unpaired) electrons. The number of carbonyl (C=O) groups is 1. The van der Waals surface area contributed by atoms with Crippen LogP contribution in [0.4, 0.5) is 0 Å². The van der Waals surface area contributed by atoms with Gasteiger partial charge in [-0.2, -0.15) is 4.31 Å². The zero-order valence-electron chi connectivity index (χ0n) is 18.5. The molecule has 0 heterocycles. The first-order valence-corrected chi connectivity index (χ1v) is 11.9. The number of benzene rings is 3. The fourth-order valence-electron chi connectivity index (χ4n) is 3.24.